The SMILES string of the molecule is COc1ccc(NC(=O)C(c2ccc3c(c2)OCO3)N(Cc2ccccc2F)C(=O)CSc2nc(C)cc(C)n2)cc1. The van der Waals surface area contributed by atoms with E-state index in [0.717, 1.165) is 23.1 Å². The summed E-state index contributed by atoms with van der Waals surface area (Å²) in [6.45, 7) is 3.59. The van der Waals surface area contributed by atoms with Crippen molar-refractivity contribution in [2.75, 3.05) is 25.0 Å². The lowest BCUT2D eigenvalue weighted by Crippen LogP contribution is -2.42. The fraction of sp³-hybridized carbons (Fsp3) is 0.226. The highest BCUT2D eigenvalue weighted by atomic mass is 32.2. The number of nitrogens with one attached hydrogen (secondary N) is 1. The summed E-state index contributed by atoms with van der Waals surface area (Å²) in [5.74, 6) is 0.153. The van der Waals surface area contributed by atoms with Crippen LogP contribution in [0.5, 0.6) is 17.2 Å². The van der Waals surface area contributed by atoms with Crippen molar-refractivity contribution >= 4 is 29.3 Å². The average molecular weight is 589 g/mol. The molecule has 0 saturated heterocycles. The van der Waals surface area contributed by atoms with E-state index < -0.39 is 23.7 Å². The van der Waals surface area contributed by atoms with Gasteiger partial charge in [-0.3, -0.25) is 9.59 Å². The van der Waals surface area contributed by atoms with Crippen molar-refractivity contribution in [1.82, 2.24) is 14.9 Å². The molecule has 1 aromatic heterocycles. The number of hydrogen-bond acceptors (Lipinski definition) is 8. The number of aromatic nitrogens is 2. The standard InChI is InChI=1S/C31H29FN4O5S/c1-19-14-20(2)34-31(33-19)42-17-28(37)36(16-22-6-4-5-7-25(22)32)29(21-8-13-26-27(15-21)41-18-40-26)30(38)35-23-9-11-24(39-3)12-10-23/h4-15,29H,16-18H2,1-3H3,(H,35,38). The third-order valence-corrected chi connectivity index (χ3v) is 7.37. The molecule has 0 aliphatic carbocycles. The molecular weight excluding hydrogens is 559 g/mol. The number of rotatable bonds is 10. The van der Waals surface area contributed by atoms with Crippen molar-refractivity contribution in [3.8, 4) is 17.2 Å². The third kappa shape index (κ3) is 6.80. The molecule has 0 bridgehead atoms. The number of methoxy groups -OCH3 is 1. The van der Waals surface area contributed by atoms with Crippen LogP contribution in [0.2, 0.25) is 0 Å². The van der Waals surface area contributed by atoms with Crippen molar-refractivity contribution < 1.29 is 28.2 Å². The minimum Gasteiger partial charge on any atom is -0.497 e. The fourth-order valence-corrected chi connectivity index (χ4v) is 5.38. The number of ether oxygens (including phenoxy) is 3. The number of halogens is 1. The minimum atomic E-state index is -1.14. The summed E-state index contributed by atoms with van der Waals surface area (Å²) < 4.78 is 31.1. The Kier molecular flexibility index (Phi) is 8.87. The van der Waals surface area contributed by atoms with Crippen LogP contribution in [-0.2, 0) is 16.1 Å². The highest BCUT2D eigenvalue weighted by molar-refractivity contribution is 7.99. The summed E-state index contributed by atoms with van der Waals surface area (Å²) in [5, 5.41) is 3.34. The molecule has 0 fully saturated rings. The van der Waals surface area contributed by atoms with Gasteiger partial charge < -0.3 is 24.4 Å². The van der Waals surface area contributed by atoms with E-state index in [2.05, 4.69) is 15.3 Å². The number of fused-ring (bicyclic) bond motifs is 1. The molecule has 0 saturated carbocycles. The van der Waals surface area contributed by atoms with Crippen LogP contribution < -0.4 is 19.5 Å². The summed E-state index contributed by atoms with van der Waals surface area (Å²) in [6.07, 6.45) is 0. The zero-order chi connectivity index (χ0) is 29.6. The van der Waals surface area contributed by atoms with Crippen LogP contribution in [0.3, 0.4) is 0 Å². The molecule has 9 nitrogen and oxygen atoms in total. The number of nitrogens with zero attached hydrogens (tertiary/aromatic N) is 3. The molecule has 42 heavy (non-hydrogen) atoms. The number of thioether (sulfide) groups is 1. The first-order valence-corrected chi connectivity index (χ1v) is 14.1. The smallest absolute Gasteiger partial charge is 0.251 e. The number of aryl methyl sites for hydroxylation is 2. The number of carbonyl (C=O) groups is 2. The number of anilines is 1. The molecule has 216 valence electrons. The Morgan fingerprint density at radius 3 is 2.43 bits per heavy atom. The molecule has 1 aliphatic rings. The van der Waals surface area contributed by atoms with E-state index in [9.17, 15) is 14.0 Å². The van der Waals surface area contributed by atoms with Crippen molar-refractivity contribution in [1.29, 1.82) is 0 Å². The second kappa shape index (κ2) is 12.9. The molecule has 3 aromatic carbocycles. The lowest BCUT2D eigenvalue weighted by molar-refractivity contribution is -0.137. The summed E-state index contributed by atoms with van der Waals surface area (Å²) in [6, 6.07) is 18.8. The Morgan fingerprint density at radius 1 is 1.00 bits per heavy atom. The normalized spacial score (nSPS) is 12.5. The molecule has 2 amide bonds. The van der Waals surface area contributed by atoms with E-state index in [4.69, 9.17) is 14.2 Å². The van der Waals surface area contributed by atoms with Gasteiger partial charge in [-0.2, -0.15) is 0 Å². The second-order valence-corrected chi connectivity index (χ2v) is 10.5. The van der Waals surface area contributed by atoms with E-state index in [1.54, 1.807) is 67.8 Å². The molecule has 1 unspecified atom stereocenters. The molecule has 1 N–H and O–H groups in total. The molecular formula is C31H29FN4O5S. The van der Waals surface area contributed by atoms with Crippen LogP contribution in [0, 0.1) is 19.7 Å². The lowest BCUT2D eigenvalue weighted by Gasteiger charge is -2.31. The van der Waals surface area contributed by atoms with Crippen LogP contribution in [0.25, 0.3) is 0 Å². The first-order chi connectivity index (χ1) is 20.3. The molecule has 5 rings (SSSR count). The number of benzene rings is 3. The van der Waals surface area contributed by atoms with Gasteiger partial charge in [-0.1, -0.05) is 36.0 Å². The van der Waals surface area contributed by atoms with E-state index in [1.165, 1.54) is 11.0 Å². The topological polar surface area (TPSA) is 103 Å². The Morgan fingerprint density at radius 2 is 1.71 bits per heavy atom. The Hall–Kier alpha value is -4.64. The summed E-state index contributed by atoms with van der Waals surface area (Å²) >= 11 is 1.15. The third-order valence-electron chi connectivity index (χ3n) is 6.54. The summed E-state index contributed by atoms with van der Waals surface area (Å²) in [4.78, 5) is 38.2. The van der Waals surface area contributed by atoms with E-state index in [-0.39, 0.29) is 24.7 Å². The van der Waals surface area contributed by atoms with Gasteiger partial charge in [0.1, 0.15) is 17.6 Å². The van der Waals surface area contributed by atoms with Crippen LogP contribution in [0.1, 0.15) is 28.6 Å². The Labute approximate surface area is 247 Å². The molecule has 4 aromatic rings. The van der Waals surface area contributed by atoms with Gasteiger partial charge >= 0.3 is 0 Å². The quantitative estimate of drug-likeness (QED) is 0.192. The van der Waals surface area contributed by atoms with Crippen LogP contribution in [-0.4, -0.2) is 46.3 Å². The second-order valence-electron chi connectivity index (χ2n) is 9.57. The van der Waals surface area contributed by atoms with Crippen molar-refractivity contribution in [3.05, 3.63) is 101 Å². The van der Waals surface area contributed by atoms with Gasteiger partial charge in [0.2, 0.25) is 12.7 Å². The molecule has 0 radical (unpaired) electrons. The lowest BCUT2D eigenvalue weighted by atomic mass is 10.0. The average Bonchev–Trinajstić information content (AvgIpc) is 3.45. The highest BCUT2D eigenvalue weighted by Gasteiger charge is 2.33. The van der Waals surface area contributed by atoms with Crippen LogP contribution in [0.15, 0.2) is 78.0 Å². The molecule has 1 aliphatic heterocycles. The summed E-state index contributed by atoms with van der Waals surface area (Å²) in [5.41, 5.74) is 2.79. The zero-order valence-corrected chi connectivity index (χ0v) is 24.1. The van der Waals surface area contributed by atoms with Crippen molar-refractivity contribution in [2.24, 2.45) is 0 Å². The number of amides is 2. The predicted molar refractivity (Wildman–Crippen MR) is 156 cm³/mol. The van der Waals surface area contributed by atoms with Gasteiger partial charge in [0, 0.05) is 29.2 Å². The van der Waals surface area contributed by atoms with Gasteiger partial charge in [-0.15, -0.1) is 0 Å². The zero-order valence-electron chi connectivity index (χ0n) is 23.3. The number of hydrogen-bond donors (Lipinski definition) is 1. The highest BCUT2D eigenvalue weighted by Crippen LogP contribution is 2.37. The van der Waals surface area contributed by atoms with E-state index in [0.29, 0.717) is 33.7 Å². The van der Waals surface area contributed by atoms with Gasteiger partial charge in [0.15, 0.2) is 16.7 Å². The van der Waals surface area contributed by atoms with Gasteiger partial charge in [0.05, 0.1) is 12.9 Å². The maximum Gasteiger partial charge on any atom is 0.251 e. The predicted octanol–water partition coefficient (Wildman–Crippen LogP) is 5.47. The largest absolute Gasteiger partial charge is 0.497 e. The fourth-order valence-electron chi connectivity index (χ4n) is 4.54. The minimum absolute atomic E-state index is 0.0475. The Balaban J connectivity index is 1.52. The molecule has 11 heteroatoms. The first-order valence-electron chi connectivity index (χ1n) is 13.1. The van der Waals surface area contributed by atoms with Crippen molar-refractivity contribution in [3.63, 3.8) is 0 Å². The monoisotopic (exact) mass is 588 g/mol. The maximum atomic E-state index is 14.9. The Bertz CT molecular complexity index is 1580. The molecule has 0 spiro atoms. The van der Waals surface area contributed by atoms with E-state index >= 15 is 0 Å². The number of carbonyl (C=O) groups excluding carboxylic acids is 2. The summed E-state index contributed by atoms with van der Waals surface area (Å²) in [7, 11) is 1.55. The molecule has 1 atom stereocenters. The van der Waals surface area contributed by atoms with Gasteiger partial charge in [-0.25, -0.2) is 14.4 Å². The molecule has 2 heterocycles. The van der Waals surface area contributed by atoms with Gasteiger partial charge in [-0.05, 0) is 67.9 Å². The van der Waals surface area contributed by atoms with Crippen LogP contribution in [0.4, 0.5) is 10.1 Å². The first kappa shape index (κ1) is 28.9. The maximum absolute atomic E-state index is 14.9. The van der Waals surface area contributed by atoms with Crippen LogP contribution >= 0.6 is 11.8 Å². The van der Waals surface area contributed by atoms with Crippen molar-refractivity contribution in [2.45, 2.75) is 31.6 Å². The van der Waals surface area contributed by atoms with Gasteiger partial charge in [0.25, 0.3) is 5.91 Å². The van der Waals surface area contributed by atoms with E-state index in [1.807, 2.05) is 19.9 Å².